The number of halogens is 1. The van der Waals surface area contributed by atoms with Gasteiger partial charge in [0, 0.05) is 11.6 Å². The molecule has 0 saturated carbocycles. The summed E-state index contributed by atoms with van der Waals surface area (Å²) in [5.74, 6) is 0.546. The molecule has 6 nitrogen and oxygen atoms in total. The van der Waals surface area contributed by atoms with E-state index in [-0.39, 0.29) is 18.0 Å². The van der Waals surface area contributed by atoms with Gasteiger partial charge in [0.1, 0.15) is 12.3 Å². The van der Waals surface area contributed by atoms with Crippen molar-refractivity contribution in [3.8, 4) is 5.75 Å². The number of ether oxygens (including phenoxy) is 1. The zero-order valence-corrected chi connectivity index (χ0v) is 15.0. The second-order valence-electron chi connectivity index (χ2n) is 5.79. The van der Waals surface area contributed by atoms with E-state index in [0.29, 0.717) is 28.9 Å². The van der Waals surface area contributed by atoms with E-state index in [1.807, 2.05) is 24.3 Å². The third kappa shape index (κ3) is 4.21. The molecule has 26 heavy (non-hydrogen) atoms. The zero-order chi connectivity index (χ0) is 18.5. The van der Waals surface area contributed by atoms with E-state index in [1.54, 1.807) is 25.3 Å². The number of amides is 1. The first-order valence-electron chi connectivity index (χ1n) is 8.11. The Kier molecular flexibility index (Phi) is 5.53. The van der Waals surface area contributed by atoms with Crippen molar-refractivity contribution in [3.63, 3.8) is 0 Å². The van der Waals surface area contributed by atoms with Crippen molar-refractivity contribution in [2.24, 2.45) is 0 Å². The molecule has 2 aromatic carbocycles. The standard InChI is InChI=1S/C19H18ClN3O3/c1-26-15-5-2-13(3-6-15)8-9-21-18(24)11-23-12-22-17-7-4-14(20)10-16(17)19(23)25/h2-7,10,12H,8-9,11H2,1H3,(H,21,24). The second kappa shape index (κ2) is 8.01. The minimum atomic E-state index is -0.289. The number of hydrogen-bond acceptors (Lipinski definition) is 4. The molecule has 1 heterocycles. The van der Waals surface area contributed by atoms with Crippen molar-refractivity contribution in [1.82, 2.24) is 14.9 Å². The van der Waals surface area contributed by atoms with Gasteiger partial charge in [-0.3, -0.25) is 14.2 Å². The van der Waals surface area contributed by atoms with Crippen LogP contribution in [0.4, 0.5) is 0 Å². The van der Waals surface area contributed by atoms with Crippen LogP contribution in [0.15, 0.2) is 53.6 Å². The molecule has 3 rings (SSSR count). The number of aromatic nitrogens is 2. The number of benzene rings is 2. The molecule has 0 unspecified atom stereocenters. The predicted octanol–water partition coefficient (Wildman–Crippen LogP) is 2.42. The molecule has 0 aliphatic carbocycles. The Hall–Kier alpha value is -2.86. The molecule has 1 amide bonds. The molecule has 0 spiro atoms. The van der Waals surface area contributed by atoms with E-state index in [4.69, 9.17) is 16.3 Å². The van der Waals surface area contributed by atoms with Gasteiger partial charge in [0.2, 0.25) is 5.91 Å². The van der Waals surface area contributed by atoms with Crippen LogP contribution in [0.25, 0.3) is 10.9 Å². The minimum Gasteiger partial charge on any atom is -0.497 e. The highest BCUT2D eigenvalue weighted by Crippen LogP contribution is 2.14. The van der Waals surface area contributed by atoms with Crippen LogP contribution in [-0.4, -0.2) is 29.1 Å². The van der Waals surface area contributed by atoms with E-state index in [2.05, 4.69) is 10.3 Å². The Morgan fingerprint density at radius 2 is 2.00 bits per heavy atom. The second-order valence-corrected chi connectivity index (χ2v) is 6.22. The van der Waals surface area contributed by atoms with E-state index >= 15 is 0 Å². The van der Waals surface area contributed by atoms with Crippen LogP contribution in [0, 0.1) is 0 Å². The summed E-state index contributed by atoms with van der Waals surface area (Å²) in [7, 11) is 1.62. The molecular weight excluding hydrogens is 354 g/mol. The molecule has 134 valence electrons. The van der Waals surface area contributed by atoms with E-state index in [0.717, 1.165) is 11.3 Å². The monoisotopic (exact) mass is 371 g/mol. The summed E-state index contributed by atoms with van der Waals surface area (Å²) in [6, 6.07) is 12.6. The lowest BCUT2D eigenvalue weighted by atomic mass is 10.1. The Labute approximate surface area is 155 Å². The first-order valence-corrected chi connectivity index (χ1v) is 8.49. The molecule has 7 heteroatoms. The van der Waals surface area contributed by atoms with Gasteiger partial charge in [0.05, 0.1) is 24.3 Å². The molecule has 1 aromatic heterocycles. The lowest BCUT2D eigenvalue weighted by Gasteiger charge is -2.08. The number of carbonyl (C=O) groups excluding carboxylic acids is 1. The number of nitrogens with zero attached hydrogens (tertiary/aromatic N) is 2. The summed E-state index contributed by atoms with van der Waals surface area (Å²) in [6.45, 7) is 0.393. The molecule has 0 aliphatic heterocycles. The Morgan fingerprint density at radius 3 is 2.73 bits per heavy atom. The topological polar surface area (TPSA) is 73.2 Å². The SMILES string of the molecule is COc1ccc(CCNC(=O)Cn2cnc3ccc(Cl)cc3c2=O)cc1. The van der Waals surface area contributed by atoms with Crippen LogP contribution < -0.4 is 15.6 Å². The van der Waals surface area contributed by atoms with Crippen LogP contribution in [0.1, 0.15) is 5.56 Å². The van der Waals surface area contributed by atoms with Crippen molar-refractivity contribution >= 4 is 28.4 Å². The van der Waals surface area contributed by atoms with Crippen LogP contribution in [0.3, 0.4) is 0 Å². The molecule has 3 aromatic rings. The van der Waals surface area contributed by atoms with Gasteiger partial charge >= 0.3 is 0 Å². The molecule has 0 radical (unpaired) electrons. The quantitative estimate of drug-likeness (QED) is 0.722. The predicted molar refractivity (Wildman–Crippen MR) is 101 cm³/mol. The average Bonchev–Trinajstić information content (AvgIpc) is 2.65. The highest BCUT2D eigenvalue weighted by molar-refractivity contribution is 6.31. The maximum Gasteiger partial charge on any atom is 0.261 e. The van der Waals surface area contributed by atoms with Crippen molar-refractivity contribution in [1.29, 1.82) is 0 Å². The van der Waals surface area contributed by atoms with Crippen molar-refractivity contribution in [2.45, 2.75) is 13.0 Å². The van der Waals surface area contributed by atoms with Gasteiger partial charge in [-0.15, -0.1) is 0 Å². The first-order chi connectivity index (χ1) is 12.6. The average molecular weight is 372 g/mol. The molecule has 0 bridgehead atoms. The number of fused-ring (bicyclic) bond motifs is 1. The maximum absolute atomic E-state index is 12.4. The summed E-state index contributed by atoms with van der Waals surface area (Å²) < 4.78 is 6.39. The van der Waals surface area contributed by atoms with Gasteiger partial charge in [0.15, 0.2) is 0 Å². The van der Waals surface area contributed by atoms with Gasteiger partial charge in [-0.25, -0.2) is 4.98 Å². The van der Waals surface area contributed by atoms with E-state index in [1.165, 1.54) is 10.9 Å². The zero-order valence-electron chi connectivity index (χ0n) is 14.2. The van der Waals surface area contributed by atoms with Gasteiger partial charge in [-0.05, 0) is 42.3 Å². The summed E-state index contributed by atoms with van der Waals surface area (Å²) in [4.78, 5) is 28.8. The van der Waals surface area contributed by atoms with Crippen molar-refractivity contribution in [3.05, 3.63) is 69.7 Å². The lowest BCUT2D eigenvalue weighted by molar-refractivity contribution is -0.121. The highest BCUT2D eigenvalue weighted by Gasteiger charge is 2.08. The first kappa shape index (κ1) is 17.9. The molecule has 0 aliphatic rings. The fraction of sp³-hybridized carbons (Fsp3) is 0.211. The number of hydrogen-bond donors (Lipinski definition) is 1. The number of carbonyl (C=O) groups is 1. The van der Waals surface area contributed by atoms with Gasteiger partial charge in [-0.2, -0.15) is 0 Å². The smallest absolute Gasteiger partial charge is 0.261 e. The summed E-state index contributed by atoms with van der Waals surface area (Å²) in [6.07, 6.45) is 2.07. The fourth-order valence-corrected chi connectivity index (χ4v) is 2.76. The molecular formula is C19H18ClN3O3. The summed E-state index contributed by atoms with van der Waals surface area (Å²) in [5.41, 5.74) is 1.35. The van der Waals surface area contributed by atoms with Crippen LogP contribution in [0.5, 0.6) is 5.75 Å². The van der Waals surface area contributed by atoms with Gasteiger partial charge < -0.3 is 10.1 Å². The summed E-state index contributed by atoms with van der Waals surface area (Å²) in [5, 5.41) is 3.66. The maximum atomic E-state index is 12.4. The molecule has 0 fully saturated rings. The number of methoxy groups -OCH3 is 1. The largest absolute Gasteiger partial charge is 0.497 e. The van der Waals surface area contributed by atoms with E-state index in [9.17, 15) is 9.59 Å². The van der Waals surface area contributed by atoms with Crippen LogP contribution >= 0.6 is 11.6 Å². The third-order valence-electron chi connectivity index (χ3n) is 3.99. The van der Waals surface area contributed by atoms with Crippen molar-refractivity contribution < 1.29 is 9.53 Å². The highest BCUT2D eigenvalue weighted by atomic mass is 35.5. The fourth-order valence-electron chi connectivity index (χ4n) is 2.59. The van der Waals surface area contributed by atoms with Gasteiger partial charge in [-0.1, -0.05) is 23.7 Å². The Balaban J connectivity index is 1.60. The van der Waals surface area contributed by atoms with Crippen LogP contribution in [-0.2, 0) is 17.8 Å². The normalized spacial score (nSPS) is 10.7. The van der Waals surface area contributed by atoms with Crippen molar-refractivity contribution in [2.75, 3.05) is 13.7 Å². The molecule has 0 atom stereocenters. The van der Waals surface area contributed by atoms with Gasteiger partial charge in [0.25, 0.3) is 5.56 Å². The lowest BCUT2D eigenvalue weighted by Crippen LogP contribution is -2.33. The molecule has 0 saturated heterocycles. The summed E-state index contributed by atoms with van der Waals surface area (Å²) >= 11 is 5.93. The minimum absolute atomic E-state index is 0.0864. The van der Waals surface area contributed by atoms with E-state index < -0.39 is 0 Å². The Morgan fingerprint density at radius 1 is 1.23 bits per heavy atom. The van der Waals surface area contributed by atoms with Crippen LogP contribution in [0.2, 0.25) is 5.02 Å². The third-order valence-corrected chi connectivity index (χ3v) is 4.23. The molecule has 1 N–H and O–H groups in total. The Bertz CT molecular complexity index is 983. The number of nitrogens with one attached hydrogen (secondary N) is 1. The number of rotatable bonds is 6.